The van der Waals surface area contributed by atoms with Crippen molar-refractivity contribution in [1.82, 2.24) is 9.97 Å². The molecule has 1 aliphatic rings. The summed E-state index contributed by atoms with van der Waals surface area (Å²) in [7, 11) is 0. The largest absolute Gasteiger partial charge is 0.370 e. The topological polar surface area (TPSA) is 49.8 Å². The zero-order chi connectivity index (χ0) is 13.0. The molecule has 1 aromatic heterocycles. The highest BCUT2D eigenvalue weighted by molar-refractivity contribution is 5.58. The van der Waals surface area contributed by atoms with E-state index in [0.717, 1.165) is 30.6 Å². The minimum atomic E-state index is 0.421. The molecular weight excluding hydrogens is 224 g/mol. The van der Waals surface area contributed by atoms with Gasteiger partial charge in [0.25, 0.3) is 0 Å². The summed E-state index contributed by atoms with van der Waals surface area (Å²) in [5, 5.41) is 6.83. The maximum Gasteiger partial charge on any atom is 0.134 e. The molecular formula is C14H24N4. The van der Waals surface area contributed by atoms with Crippen LogP contribution >= 0.6 is 0 Å². The monoisotopic (exact) mass is 248 g/mol. The molecule has 0 radical (unpaired) electrons. The van der Waals surface area contributed by atoms with E-state index in [2.05, 4.69) is 41.4 Å². The van der Waals surface area contributed by atoms with Crippen molar-refractivity contribution in [3.8, 4) is 0 Å². The Morgan fingerprint density at radius 2 is 1.89 bits per heavy atom. The second kappa shape index (κ2) is 6.03. The van der Waals surface area contributed by atoms with E-state index in [1.54, 1.807) is 6.33 Å². The first kappa shape index (κ1) is 13.1. The molecule has 18 heavy (non-hydrogen) atoms. The van der Waals surface area contributed by atoms with Gasteiger partial charge in [-0.1, -0.05) is 20.3 Å². The number of rotatable bonds is 6. The average Bonchev–Trinajstić information content (AvgIpc) is 2.27. The average molecular weight is 248 g/mol. The van der Waals surface area contributed by atoms with Crippen LogP contribution in [0.25, 0.3) is 0 Å². The van der Waals surface area contributed by atoms with E-state index in [1.807, 2.05) is 0 Å². The molecule has 0 saturated heterocycles. The lowest BCUT2D eigenvalue weighted by atomic mass is 9.85. The van der Waals surface area contributed by atoms with Gasteiger partial charge >= 0.3 is 0 Å². The highest BCUT2D eigenvalue weighted by Crippen LogP contribution is 2.30. The summed E-state index contributed by atoms with van der Waals surface area (Å²) in [4.78, 5) is 8.76. The molecule has 4 nitrogen and oxygen atoms in total. The first-order chi connectivity index (χ1) is 8.72. The van der Waals surface area contributed by atoms with Crippen LogP contribution in [0.5, 0.6) is 0 Å². The van der Waals surface area contributed by atoms with Gasteiger partial charge in [0, 0.05) is 18.7 Å². The van der Waals surface area contributed by atoms with Crippen molar-refractivity contribution in [3.05, 3.63) is 11.9 Å². The molecule has 1 heterocycles. The van der Waals surface area contributed by atoms with Crippen molar-refractivity contribution in [2.24, 2.45) is 5.92 Å². The van der Waals surface area contributed by atoms with E-state index in [-0.39, 0.29) is 0 Å². The third-order valence-corrected chi connectivity index (χ3v) is 3.59. The molecule has 100 valence electrons. The fourth-order valence-corrected chi connectivity index (χ4v) is 2.33. The highest BCUT2D eigenvalue weighted by atomic mass is 15.1. The van der Waals surface area contributed by atoms with E-state index in [1.165, 1.54) is 24.8 Å². The van der Waals surface area contributed by atoms with Crippen LogP contribution in [0.1, 0.15) is 51.5 Å². The molecule has 0 bridgehead atoms. The van der Waals surface area contributed by atoms with Gasteiger partial charge in [0.1, 0.15) is 18.0 Å². The van der Waals surface area contributed by atoms with Gasteiger partial charge in [0.05, 0.1) is 0 Å². The number of nitrogens with one attached hydrogen (secondary N) is 2. The Morgan fingerprint density at radius 1 is 1.22 bits per heavy atom. The molecule has 2 rings (SSSR count). The van der Waals surface area contributed by atoms with Crippen molar-refractivity contribution in [2.75, 3.05) is 23.7 Å². The van der Waals surface area contributed by atoms with Crippen LogP contribution in [0.4, 0.5) is 11.6 Å². The minimum absolute atomic E-state index is 0.421. The van der Waals surface area contributed by atoms with Crippen LogP contribution in [0, 0.1) is 5.92 Å². The first-order valence-corrected chi connectivity index (χ1v) is 7.05. The predicted octanol–water partition coefficient (Wildman–Crippen LogP) is 3.24. The van der Waals surface area contributed by atoms with Gasteiger partial charge in [-0.05, 0) is 31.6 Å². The Hall–Kier alpha value is -1.32. The molecule has 0 spiro atoms. The van der Waals surface area contributed by atoms with E-state index < -0.39 is 0 Å². The van der Waals surface area contributed by atoms with E-state index >= 15 is 0 Å². The van der Waals surface area contributed by atoms with Crippen LogP contribution in [0.2, 0.25) is 0 Å². The standard InChI is InChI=1S/C14H24N4/c1-4-15-13-12(10(2)3)14(18-9-17-13)16-8-11-6-5-7-11/h9-11H,4-8H2,1-3H3,(H2,15,16,17,18). The number of hydrogen-bond acceptors (Lipinski definition) is 4. The molecule has 0 aromatic carbocycles. The zero-order valence-corrected chi connectivity index (χ0v) is 11.7. The molecule has 0 aliphatic heterocycles. The number of nitrogens with zero attached hydrogens (tertiary/aromatic N) is 2. The van der Waals surface area contributed by atoms with Crippen molar-refractivity contribution in [1.29, 1.82) is 0 Å². The fourth-order valence-electron chi connectivity index (χ4n) is 2.33. The molecule has 2 N–H and O–H groups in total. The summed E-state index contributed by atoms with van der Waals surface area (Å²) in [6, 6.07) is 0. The lowest BCUT2D eigenvalue weighted by Gasteiger charge is -2.26. The third kappa shape index (κ3) is 2.92. The van der Waals surface area contributed by atoms with Gasteiger partial charge in [-0.25, -0.2) is 9.97 Å². The Morgan fingerprint density at radius 3 is 2.39 bits per heavy atom. The maximum absolute atomic E-state index is 4.41. The maximum atomic E-state index is 4.41. The minimum Gasteiger partial charge on any atom is -0.370 e. The van der Waals surface area contributed by atoms with Gasteiger partial charge in [-0.15, -0.1) is 0 Å². The summed E-state index contributed by atoms with van der Waals surface area (Å²) >= 11 is 0. The normalized spacial score (nSPS) is 15.6. The Kier molecular flexibility index (Phi) is 4.39. The molecule has 1 aromatic rings. The molecule has 0 unspecified atom stereocenters. The lowest BCUT2D eigenvalue weighted by Crippen LogP contribution is -2.22. The quantitative estimate of drug-likeness (QED) is 0.811. The number of aromatic nitrogens is 2. The summed E-state index contributed by atoms with van der Waals surface area (Å²) in [6.45, 7) is 8.40. The number of hydrogen-bond donors (Lipinski definition) is 2. The summed E-state index contributed by atoms with van der Waals surface area (Å²) in [6.07, 6.45) is 5.74. The SMILES string of the molecule is CCNc1ncnc(NCC2CCC2)c1C(C)C. The van der Waals surface area contributed by atoms with Gasteiger partial charge in [0.15, 0.2) is 0 Å². The Balaban J connectivity index is 2.13. The van der Waals surface area contributed by atoms with Gasteiger partial charge in [-0.3, -0.25) is 0 Å². The second-order valence-corrected chi connectivity index (χ2v) is 5.35. The van der Waals surface area contributed by atoms with Gasteiger partial charge < -0.3 is 10.6 Å². The van der Waals surface area contributed by atoms with E-state index in [4.69, 9.17) is 0 Å². The molecule has 1 saturated carbocycles. The Bertz CT molecular complexity index is 385. The van der Waals surface area contributed by atoms with Crippen molar-refractivity contribution < 1.29 is 0 Å². The predicted molar refractivity (Wildman–Crippen MR) is 76.1 cm³/mol. The summed E-state index contributed by atoms with van der Waals surface area (Å²) in [5.74, 6) is 3.23. The zero-order valence-electron chi connectivity index (χ0n) is 11.7. The molecule has 0 amide bonds. The van der Waals surface area contributed by atoms with E-state index in [0.29, 0.717) is 5.92 Å². The van der Waals surface area contributed by atoms with Crippen LogP contribution in [-0.2, 0) is 0 Å². The Labute approximate surface area is 110 Å². The molecule has 1 fully saturated rings. The molecule has 4 heteroatoms. The molecule has 1 aliphatic carbocycles. The van der Waals surface area contributed by atoms with Crippen molar-refractivity contribution >= 4 is 11.6 Å². The summed E-state index contributed by atoms with van der Waals surface area (Å²) in [5.41, 5.74) is 1.21. The molecule has 0 atom stereocenters. The van der Waals surface area contributed by atoms with E-state index in [9.17, 15) is 0 Å². The van der Waals surface area contributed by atoms with Crippen molar-refractivity contribution in [3.63, 3.8) is 0 Å². The number of anilines is 2. The van der Waals surface area contributed by atoms with Crippen LogP contribution in [-0.4, -0.2) is 23.1 Å². The van der Waals surface area contributed by atoms with Crippen molar-refractivity contribution in [2.45, 2.75) is 46.0 Å². The highest BCUT2D eigenvalue weighted by Gasteiger charge is 2.19. The van der Waals surface area contributed by atoms with Crippen LogP contribution < -0.4 is 10.6 Å². The van der Waals surface area contributed by atoms with Gasteiger partial charge in [-0.2, -0.15) is 0 Å². The fraction of sp³-hybridized carbons (Fsp3) is 0.714. The smallest absolute Gasteiger partial charge is 0.134 e. The van der Waals surface area contributed by atoms with Crippen LogP contribution in [0.3, 0.4) is 0 Å². The second-order valence-electron chi connectivity index (χ2n) is 5.35. The summed E-state index contributed by atoms with van der Waals surface area (Å²) < 4.78 is 0. The lowest BCUT2D eigenvalue weighted by molar-refractivity contribution is 0.333. The van der Waals surface area contributed by atoms with Gasteiger partial charge in [0.2, 0.25) is 0 Å². The first-order valence-electron chi connectivity index (χ1n) is 7.05. The van der Waals surface area contributed by atoms with Crippen LogP contribution in [0.15, 0.2) is 6.33 Å². The third-order valence-electron chi connectivity index (χ3n) is 3.59.